The summed E-state index contributed by atoms with van der Waals surface area (Å²) in [5.74, 6) is -1.07. The molecule has 198 valence electrons. The second-order valence-electron chi connectivity index (χ2n) is 9.65. The summed E-state index contributed by atoms with van der Waals surface area (Å²) in [5.41, 5.74) is 6.25. The highest BCUT2D eigenvalue weighted by atomic mass is 35.5. The van der Waals surface area contributed by atoms with Crippen LogP contribution < -0.4 is 20.7 Å². The van der Waals surface area contributed by atoms with Gasteiger partial charge in [0.15, 0.2) is 11.2 Å². The van der Waals surface area contributed by atoms with E-state index in [0.29, 0.717) is 44.8 Å². The van der Waals surface area contributed by atoms with Gasteiger partial charge in [0, 0.05) is 39.1 Å². The fourth-order valence-electron chi connectivity index (χ4n) is 5.55. The Balaban J connectivity index is 1.74. The Hall–Kier alpha value is -4.08. The number of nitrogens with zero attached hydrogens (tertiary/aromatic N) is 3. The van der Waals surface area contributed by atoms with E-state index in [1.54, 1.807) is 36.4 Å². The van der Waals surface area contributed by atoms with E-state index in [0.717, 1.165) is 11.0 Å². The van der Waals surface area contributed by atoms with Crippen LogP contribution in [0.5, 0.6) is 5.75 Å². The fraction of sp³-hybridized carbons (Fsp3) is 0.179. The number of hydrogen-bond donors (Lipinski definition) is 2. The minimum Gasteiger partial charge on any atom is -0.496 e. The SMILES string of the molecule is COc1cc(N)ccc1-c1nc2c(n1C(C)C)[C@@]1(C(=O)Nc3cc(Cl)ccc31)N(c1cc(Cl)ccc1F)C2=O. The van der Waals surface area contributed by atoms with Gasteiger partial charge in [0.2, 0.25) is 0 Å². The lowest BCUT2D eigenvalue weighted by atomic mass is 9.87. The molecule has 0 saturated heterocycles. The lowest BCUT2D eigenvalue weighted by Crippen LogP contribution is -2.51. The molecule has 4 aromatic rings. The van der Waals surface area contributed by atoms with Crippen molar-refractivity contribution in [1.29, 1.82) is 0 Å². The highest BCUT2D eigenvalue weighted by Gasteiger charge is 2.64. The number of ether oxygens (including phenoxy) is 1. The van der Waals surface area contributed by atoms with Gasteiger partial charge in [-0.3, -0.25) is 14.5 Å². The summed E-state index contributed by atoms with van der Waals surface area (Å²) in [6.45, 7) is 3.82. The number of imidazole rings is 1. The highest BCUT2D eigenvalue weighted by molar-refractivity contribution is 6.32. The first kappa shape index (κ1) is 25.2. The molecule has 1 aromatic heterocycles. The van der Waals surface area contributed by atoms with Crippen LogP contribution >= 0.6 is 23.2 Å². The number of nitrogen functional groups attached to an aromatic ring is 1. The molecule has 11 heteroatoms. The molecule has 39 heavy (non-hydrogen) atoms. The number of anilines is 3. The first-order chi connectivity index (χ1) is 18.6. The van der Waals surface area contributed by atoms with Crippen molar-refractivity contribution in [1.82, 2.24) is 9.55 Å². The average Bonchev–Trinajstić information content (AvgIpc) is 3.49. The minimum absolute atomic E-state index is 0.00917. The summed E-state index contributed by atoms with van der Waals surface area (Å²) < 4.78 is 22.8. The third-order valence-corrected chi connectivity index (χ3v) is 7.55. The second-order valence-corrected chi connectivity index (χ2v) is 10.5. The number of rotatable bonds is 4. The molecule has 3 heterocycles. The lowest BCUT2D eigenvalue weighted by Gasteiger charge is -2.36. The summed E-state index contributed by atoms with van der Waals surface area (Å²) in [6, 6.07) is 13.6. The standard InChI is InChI=1S/C28H22Cl2FN5O3/c1-13(2)35-24-23(34-25(35)17-7-6-16(32)12-22(17)39-3)26(37)36(21-11-15(30)5-9-19(21)31)28(24)18-8-4-14(29)10-20(18)33-27(28)38/h4-13H,32H2,1-3H3,(H,33,38)/t28-/m0/s1. The minimum atomic E-state index is -1.80. The molecule has 0 bridgehead atoms. The molecule has 3 N–H and O–H groups in total. The third kappa shape index (κ3) is 3.39. The number of amides is 2. The van der Waals surface area contributed by atoms with Gasteiger partial charge in [0.1, 0.15) is 17.4 Å². The van der Waals surface area contributed by atoms with Crippen molar-refractivity contribution in [3.05, 3.63) is 87.4 Å². The Bertz CT molecular complexity index is 1720. The van der Waals surface area contributed by atoms with Gasteiger partial charge in [-0.05, 0) is 56.3 Å². The first-order valence-electron chi connectivity index (χ1n) is 12.1. The first-order valence-corrected chi connectivity index (χ1v) is 12.8. The van der Waals surface area contributed by atoms with Crippen molar-refractivity contribution in [3.63, 3.8) is 0 Å². The number of fused-ring (bicyclic) bond motifs is 4. The van der Waals surface area contributed by atoms with E-state index >= 15 is 4.39 Å². The predicted octanol–water partition coefficient (Wildman–Crippen LogP) is 6.02. The maximum Gasteiger partial charge on any atom is 0.280 e. The number of nitrogens with two attached hydrogens (primary N) is 1. The highest BCUT2D eigenvalue weighted by Crippen LogP contribution is 2.55. The number of halogens is 3. The molecular formula is C28H22Cl2FN5O3. The Morgan fingerprint density at radius 1 is 1.05 bits per heavy atom. The van der Waals surface area contributed by atoms with E-state index in [1.807, 2.05) is 18.4 Å². The van der Waals surface area contributed by atoms with Gasteiger partial charge in [-0.25, -0.2) is 9.37 Å². The topological polar surface area (TPSA) is 102 Å². The largest absolute Gasteiger partial charge is 0.496 e. The molecule has 2 amide bonds. The van der Waals surface area contributed by atoms with Crippen LogP contribution in [-0.2, 0) is 10.3 Å². The number of methoxy groups -OCH3 is 1. The molecule has 0 unspecified atom stereocenters. The van der Waals surface area contributed by atoms with Gasteiger partial charge in [-0.15, -0.1) is 0 Å². The van der Waals surface area contributed by atoms with E-state index < -0.39 is 23.2 Å². The van der Waals surface area contributed by atoms with Crippen LogP contribution in [0.1, 0.15) is 41.6 Å². The zero-order chi connectivity index (χ0) is 27.8. The smallest absolute Gasteiger partial charge is 0.280 e. The van der Waals surface area contributed by atoms with Crippen LogP contribution in [-0.4, -0.2) is 28.5 Å². The van der Waals surface area contributed by atoms with E-state index in [2.05, 4.69) is 5.32 Å². The van der Waals surface area contributed by atoms with E-state index in [4.69, 9.17) is 38.7 Å². The van der Waals surface area contributed by atoms with Gasteiger partial charge in [0.05, 0.1) is 24.1 Å². The number of benzene rings is 3. The van der Waals surface area contributed by atoms with Crippen LogP contribution in [0.25, 0.3) is 11.4 Å². The molecule has 1 spiro atoms. The third-order valence-electron chi connectivity index (χ3n) is 7.08. The zero-order valence-corrected chi connectivity index (χ0v) is 22.6. The summed E-state index contributed by atoms with van der Waals surface area (Å²) >= 11 is 12.5. The van der Waals surface area contributed by atoms with Gasteiger partial charge >= 0.3 is 0 Å². The van der Waals surface area contributed by atoms with Gasteiger partial charge in [-0.1, -0.05) is 29.3 Å². The Morgan fingerprint density at radius 2 is 1.77 bits per heavy atom. The number of carbonyl (C=O) groups excluding carboxylic acids is 2. The molecule has 8 nitrogen and oxygen atoms in total. The number of carbonyl (C=O) groups is 2. The molecular weight excluding hydrogens is 544 g/mol. The number of nitrogens with one attached hydrogen (secondary N) is 1. The molecule has 3 aromatic carbocycles. The van der Waals surface area contributed by atoms with E-state index in [-0.39, 0.29) is 22.4 Å². The maximum atomic E-state index is 15.4. The molecule has 0 aliphatic carbocycles. The second kappa shape index (κ2) is 8.72. The Morgan fingerprint density at radius 3 is 2.49 bits per heavy atom. The van der Waals surface area contributed by atoms with Crippen LogP contribution in [0.3, 0.4) is 0 Å². The zero-order valence-electron chi connectivity index (χ0n) is 21.1. The number of aromatic nitrogens is 2. The monoisotopic (exact) mass is 565 g/mol. The van der Waals surface area contributed by atoms with Crippen LogP contribution in [0.2, 0.25) is 10.0 Å². The summed E-state index contributed by atoms with van der Waals surface area (Å²) in [4.78, 5) is 34.3. The summed E-state index contributed by atoms with van der Waals surface area (Å²) in [7, 11) is 1.51. The van der Waals surface area contributed by atoms with E-state index in [1.165, 1.54) is 19.2 Å². The Labute approximate surface area is 233 Å². The lowest BCUT2D eigenvalue weighted by molar-refractivity contribution is -0.119. The van der Waals surface area contributed by atoms with Crippen molar-refractivity contribution in [2.75, 3.05) is 23.1 Å². The number of hydrogen-bond acceptors (Lipinski definition) is 5. The molecule has 2 aliphatic rings. The van der Waals surface area contributed by atoms with Crippen molar-refractivity contribution >= 4 is 52.1 Å². The van der Waals surface area contributed by atoms with Gasteiger partial charge in [-0.2, -0.15) is 0 Å². The predicted molar refractivity (Wildman–Crippen MR) is 148 cm³/mol. The van der Waals surface area contributed by atoms with Gasteiger partial charge < -0.3 is 20.4 Å². The molecule has 0 saturated carbocycles. The Kier molecular flexibility index (Phi) is 5.64. The average molecular weight is 566 g/mol. The summed E-state index contributed by atoms with van der Waals surface area (Å²) in [5, 5.41) is 3.45. The van der Waals surface area contributed by atoms with Crippen molar-refractivity contribution < 1.29 is 18.7 Å². The fourth-order valence-corrected chi connectivity index (χ4v) is 5.89. The quantitative estimate of drug-likeness (QED) is 0.294. The van der Waals surface area contributed by atoms with Gasteiger partial charge in [0.25, 0.3) is 11.8 Å². The van der Waals surface area contributed by atoms with Crippen LogP contribution in [0, 0.1) is 5.82 Å². The summed E-state index contributed by atoms with van der Waals surface area (Å²) in [6.07, 6.45) is 0. The van der Waals surface area contributed by atoms with E-state index in [9.17, 15) is 9.59 Å². The van der Waals surface area contributed by atoms with Crippen LogP contribution in [0.4, 0.5) is 21.5 Å². The van der Waals surface area contributed by atoms with Crippen molar-refractivity contribution in [2.45, 2.75) is 25.4 Å². The molecule has 0 fully saturated rings. The van der Waals surface area contributed by atoms with Crippen molar-refractivity contribution in [3.8, 4) is 17.1 Å². The van der Waals surface area contributed by atoms with Crippen molar-refractivity contribution in [2.24, 2.45) is 0 Å². The molecule has 1 atom stereocenters. The molecule has 0 radical (unpaired) electrons. The maximum absolute atomic E-state index is 15.4. The molecule has 2 aliphatic heterocycles. The van der Waals surface area contributed by atoms with Crippen LogP contribution in [0.15, 0.2) is 54.6 Å². The molecule has 6 rings (SSSR count). The normalized spacial score (nSPS) is 17.7.